The van der Waals surface area contributed by atoms with E-state index in [0.29, 0.717) is 29.9 Å². The highest BCUT2D eigenvalue weighted by molar-refractivity contribution is 5.91. The number of unbranched alkanes of at least 4 members (excludes halogenated alkanes) is 18. The maximum atomic E-state index is 13.8. The number of carbonyl (C=O) groups excluding carboxylic acids is 3. The van der Waals surface area contributed by atoms with Crippen molar-refractivity contribution in [1.82, 2.24) is 0 Å². The van der Waals surface area contributed by atoms with E-state index in [2.05, 4.69) is 13.8 Å². The van der Waals surface area contributed by atoms with Crippen LogP contribution in [0.4, 0.5) is 0 Å². The Kier molecular flexibility index (Phi) is 24.4. The quantitative estimate of drug-likeness (QED) is 0.0356. The molecule has 9 heteroatoms. The van der Waals surface area contributed by atoms with Gasteiger partial charge in [0.25, 0.3) is 0 Å². The summed E-state index contributed by atoms with van der Waals surface area (Å²) in [6.07, 6.45) is 17.9. The third-order valence-electron chi connectivity index (χ3n) is 11.1. The van der Waals surface area contributed by atoms with E-state index in [1.807, 2.05) is 12.1 Å². The summed E-state index contributed by atoms with van der Waals surface area (Å²) in [6, 6.07) is 25.8. The Morgan fingerprint density at radius 3 is 1.20 bits per heavy atom. The lowest BCUT2D eigenvalue weighted by atomic mass is 9.97. The van der Waals surface area contributed by atoms with E-state index in [1.54, 1.807) is 78.9 Å². The summed E-state index contributed by atoms with van der Waals surface area (Å²) in [5, 5.41) is 0. The third-order valence-corrected chi connectivity index (χ3v) is 11.1. The Morgan fingerprint density at radius 2 is 0.783 bits per heavy atom. The van der Waals surface area contributed by atoms with Crippen LogP contribution in [0.15, 0.2) is 91.0 Å². The first-order valence-corrected chi connectivity index (χ1v) is 23.1. The Hall–Kier alpha value is -4.05. The summed E-state index contributed by atoms with van der Waals surface area (Å²) in [5.74, 6) is -1.95. The lowest BCUT2D eigenvalue weighted by Crippen LogP contribution is -2.63. The summed E-state index contributed by atoms with van der Waals surface area (Å²) < 4.78 is 37.9. The molecule has 0 aromatic heterocycles. The highest BCUT2D eigenvalue weighted by Gasteiger charge is 2.53. The molecule has 0 amide bonds. The molecule has 3 aromatic rings. The summed E-state index contributed by atoms with van der Waals surface area (Å²) in [5.41, 5.74) is 0.911. The van der Waals surface area contributed by atoms with Gasteiger partial charge in [-0.3, -0.25) is 0 Å². The van der Waals surface area contributed by atoms with E-state index in [4.69, 9.17) is 28.4 Å². The third kappa shape index (κ3) is 18.3. The molecule has 0 saturated carbocycles. The van der Waals surface area contributed by atoms with Gasteiger partial charge in [0.2, 0.25) is 0 Å². The van der Waals surface area contributed by atoms with Crippen LogP contribution in [0.25, 0.3) is 0 Å². The number of hydrogen-bond acceptors (Lipinski definition) is 9. The predicted molar refractivity (Wildman–Crippen MR) is 236 cm³/mol. The van der Waals surface area contributed by atoms with Gasteiger partial charge in [-0.15, -0.1) is 0 Å². The molecule has 0 bridgehead atoms. The van der Waals surface area contributed by atoms with Crippen molar-refractivity contribution in [2.75, 3.05) is 19.8 Å². The van der Waals surface area contributed by atoms with Crippen LogP contribution in [0.2, 0.25) is 0 Å². The molecule has 3 aromatic carbocycles. The molecule has 0 radical (unpaired) electrons. The molecule has 5 atom stereocenters. The van der Waals surface area contributed by atoms with Crippen LogP contribution < -0.4 is 0 Å². The van der Waals surface area contributed by atoms with Gasteiger partial charge in [0.15, 0.2) is 24.6 Å². The number of carbonyl (C=O) groups is 3. The summed E-state index contributed by atoms with van der Waals surface area (Å²) in [4.78, 5) is 41.3. The molecule has 1 saturated heterocycles. The van der Waals surface area contributed by atoms with Crippen LogP contribution >= 0.6 is 0 Å². The molecule has 0 unspecified atom stereocenters. The number of benzene rings is 3. The van der Waals surface area contributed by atoms with Crippen molar-refractivity contribution >= 4 is 17.9 Å². The van der Waals surface area contributed by atoms with Crippen molar-refractivity contribution in [3.05, 3.63) is 108 Å². The first-order valence-electron chi connectivity index (χ1n) is 23.1. The Morgan fingerprint density at radius 1 is 0.433 bits per heavy atom. The van der Waals surface area contributed by atoms with Gasteiger partial charge in [0.1, 0.15) is 6.10 Å². The normalized spacial score (nSPS) is 18.8. The number of esters is 3. The molecule has 0 aliphatic carbocycles. The molecular weight excluding hydrogens is 757 g/mol. The number of hydrogen-bond donors (Lipinski definition) is 0. The maximum Gasteiger partial charge on any atom is 0.338 e. The zero-order valence-electron chi connectivity index (χ0n) is 36.5. The average molecular weight is 829 g/mol. The summed E-state index contributed by atoms with van der Waals surface area (Å²) >= 11 is 0. The first kappa shape index (κ1) is 48.6. The van der Waals surface area contributed by atoms with Crippen LogP contribution in [0.1, 0.15) is 173 Å². The predicted octanol–water partition coefficient (Wildman–Crippen LogP) is 12.3. The van der Waals surface area contributed by atoms with Gasteiger partial charge in [0, 0.05) is 13.2 Å². The SMILES string of the molecule is CCCCCCCCCCCCOC[C@H]1O[C@H](OCCCCCCCCCCCC)[C@H](OC(=O)c2ccccc2)[C@@H](OC(=O)c2ccccc2)[C@@H]1OC(=O)c1ccccc1. The standard InChI is InChI=1S/C51H72O9/c1-3-5-7-9-11-13-15-17-19-30-38-55-40-44-45(58-48(52)41-32-24-21-25-33-41)46(59-49(53)42-34-26-22-27-35-42)47(60-50(54)43-36-28-23-29-37-43)51(57-44)56-39-31-20-18-16-14-12-10-8-6-4-2/h21-29,32-37,44-47,51H,3-20,30-31,38-40H2,1-2H3/t44-,45-,46+,47-,51+/m1/s1. The van der Waals surface area contributed by atoms with Crippen molar-refractivity contribution < 1.29 is 42.8 Å². The van der Waals surface area contributed by atoms with E-state index < -0.39 is 48.6 Å². The maximum absolute atomic E-state index is 13.8. The van der Waals surface area contributed by atoms with Crippen molar-refractivity contribution in [3.8, 4) is 0 Å². The molecule has 1 fully saturated rings. The van der Waals surface area contributed by atoms with Crippen LogP contribution in [0, 0.1) is 0 Å². The molecule has 0 N–H and O–H groups in total. The minimum Gasteiger partial charge on any atom is -0.452 e. The van der Waals surface area contributed by atoms with Gasteiger partial charge in [-0.25, -0.2) is 14.4 Å². The van der Waals surface area contributed by atoms with E-state index >= 15 is 0 Å². The van der Waals surface area contributed by atoms with Gasteiger partial charge < -0.3 is 28.4 Å². The van der Waals surface area contributed by atoms with Crippen LogP contribution in [-0.2, 0) is 28.4 Å². The zero-order valence-corrected chi connectivity index (χ0v) is 36.5. The van der Waals surface area contributed by atoms with Crippen molar-refractivity contribution in [1.29, 1.82) is 0 Å². The van der Waals surface area contributed by atoms with Crippen molar-refractivity contribution in [2.24, 2.45) is 0 Å². The molecule has 330 valence electrons. The monoisotopic (exact) mass is 829 g/mol. The van der Waals surface area contributed by atoms with Gasteiger partial charge in [0.05, 0.1) is 23.3 Å². The Balaban J connectivity index is 1.52. The highest BCUT2D eigenvalue weighted by Crippen LogP contribution is 2.32. The van der Waals surface area contributed by atoms with E-state index in [0.717, 1.165) is 38.5 Å². The second-order valence-corrected chi connectivity index (χ2v) is 16.1. The molecule has 1 aliphatic heterocycles. The van der Waals surface area contributed by atoms with E-state index in [1.165, 1.54) is 89.9 Å². The molecule has 1 heterocycles. The van der Waals surface area contributed by atoms with E-state index in [-0.39, 0.29) is 6.61 Å². The fraction of sp³-hybridized carbons (Fsp3) is 0.588. The summed E-state index contributed by atoms with van der Waals surface area (Å²) in [6.45, 7) is 5.34. The molecule has 4 rings (SSSR count). The molecule has 0 spiro atoms. The molecule has 9 nitrogen and oxygen atoms in total. The van der Waals surface area contributed by atoms with Crippen LogP contribution in [-0.4, -0.2) is 68.4 Å². The topological polar surface area (TPSA) is 107 Å². The number of rotatable bonds is 31. The fourth-order valence-corrected chi connectivity index (χ4v) is 7.53. The molecular formula is C51H72O9. The van der Waals surface area contributed by atoms with E-state index in [9.17, 15) is 14.4 Å². The van der Waals surface area contributed by atoms with Crippen LogP contribution in [0.3, 0.4) is 0 Å². The minimum atomic E-state index is -1.30. The van der Waals surface area contributed by atoms with Crippen molar-refractivity contribution in [2.45, 2.75) is 173 Å². The van der Waals surface area contributed by atoms with Gasteiger partial charge in [-0.2, -0.15) is 0 Å². The largest absolute Gasteiger partial charge is 0.452 e. The minimum absolute atomic E-state index is 0.0427. The van der Waals surface area contributed by atoms with Crippen molar-refractivity contribution in [3.63, 3.8) is 0 Å². The lowest BCUT2D eigenvalue weighted by molar-refractivity contribution is -0.300. The first-order chi connectivity index (χ1) is 29.5. The lowest BCUT2D eigenvalue weighted by Gasteiger charge is -2.44. The van der Waals surface area contributed by atoms with Crippen LogP contribution in [0.5, 0.6) is 0 Å². The average Bonchev–Trinajstić information content (AvgIpc) is 3.28. The second-order valence-electron chi connectivity index (χ2n) is 16.1. The fourth-order valence-electron chi connectivity index (χ4n) is 7.53. The molecule has 1 aliphatic rings. The van der Waals surface area contributed by atoms with Gasteiger partial charge in [-0.05, 0) is 49.2 Å². The number of ether oxygens (including phenoxy) is 6. The Labute approximate surface area is 360 Å². The smallest absolute Gasteiger partial charge is 0.338 e. The Bertz CT molecular complexity index is 1570. The van der Waals surface area contributed by atoms with Gasteiger partial charge >= 0.3 is 17.9 Å². The summed E-state index contributed by atoms with van der Waals surface area (Å²) in [7, 11) is 0. The zero-order chi connectivity index (χ0) is 42.5. The molecule has 60 heavy (non-hydrogen) atoms. The van der Waals surface area contributed by atoms with Gasteiger partial charge in [-0.1, -0.05) is 184 Å². The second kappa shape index (κ2) is 30.1. The highest BCUT2D eigenvalue weighted by atomic mass is 16.7.